The smallest absolute Gasteiger partial charge is 0.417 e. The molecule has 1 aromatic carbocycles. The first-order valence-corrected chi connectivity index (χ1v) is 5.35. The normalized spacial score (nSPS) is 14.4. The van der Waals surface area contributed by atoms with Gasteiger partial charge in [0.05, 0.1) is 11.6 Å². The molecule has 0 saturated carbocycles. The molecule has 0 aliphatic rings. The van der Waals surface area contributed by atoms with E-state index in [1.807, 2.05) is 5.32 Å². The van der Waals surface area contributed by atoms with Crippen LogP contribution in [0.4, 0.5) is 17.6 Å². The van der Waals surface area contributed by atoms with Crippen LogP contribution in [0.2, 0.25) is 0 Å². The number of benzene rings is 1. The molecule has 1 unspecified atom stereocenters. The Morgan fingerprint density at radius 1 is 1.45 bits per heavy atom. The molecule has 20 heavy (non-hydrogen) atoms. The van der Waals surface area contributed by atoms with Crippen LogP contribution in [-0.4, -0.2) is 22.8 Å². The van der Waals surface area contributed by atoms with Crippen LogP contribution in [0.5, 0.6) is 0 Å². The predicted octanol–water partition coefficient (Wildman–Crippen LogP) is 2.19. The van der Waals surface area contributed by atoms with E-state index >= 15 is 0 Å². The topological polar surface area (TPSA) is 73.1 Å². The highest BCUT2D eigenvalue weighted by Crippen LogP contribution is 2.30. The minimum absolute atomic E-state index is 0.0335. The molecule has 1 atom stereocenters. The molecule has 1 rings (SSSR count). The number of nitriles is 1. The summed E-state index contributed by atoms with van der Waals surface area (Å²) in [6.07, 6.45) is -5.04. The van der Waals surface area contributed by atoms with Gasteiger partial charge in [-0.1, -0.05) is 0 Å². The Hall–Kier alpha value is -2.14. The molecule has 0 amide bonds. The minimum atomic E-state index is -5.04. The number of carboxylic acid groups (broad SMARTS) is 1. The van der Waals surface area contributed by atoms with Crippen molar-refractivity contribution in [2.24, 2.45) is 0 Å². The molecule has 2 N–H and O–H groups in total. The highest BCUT2D eigenvalue weighted by Gasteiger charge is 2.57. The molecule has 8 heteroatoms. The Kier molecular flexibility index (Phi) is 4.35. The second-order valence-electron chi connectivity index (χ2n) is 4.19. The van der Waals surface area contributed by atoms with Crippen LogP contribution in [0.15, 0.2) is 18.2 Å². The van der Waals surface area contributed by atoms with Crippen LogP contribution < -0.4 is 5.32 Å². The van der Waals surface area contributed by atoms with Gasteiger partial charge in [0.15, 0.2) is 0 Å². The zero-order valence-corrected chi connectivity index (χ0v) is 10.3. The van der Waals surface area contributed by atoms with Gasteiger partial charge in [0.25, 0.3) is 0 Å². The quantitative estimate of drug-likeness (QED) is 0.834. The number of hydrogen-bond acceptors (Lipinski definition) is 3. The van der Waals surface area contributed by atoms with Crippen LogP contribution in [0.1, 0.15) is 18.1 Å². The average molecular weight is 290 g/mol. The number of carbonyl (C=O) groups is 1. The third kappa shape index (κ3) is 3.05. The fraction of sp³-hybridized carbons (Fsp3) is 0.333. The van der Waals surface area contributed by atoms with Crippen molar-refractivity contribution < 1.29 is 27.5 Å². The van der Waals surface area contributed by atoms with Crippen molar-refractivity contribution in [2.75, 3.05) is 0 Å². The molecule has 1 aromatic rings. The fourth-order valence-electron chi connectivity index (χ4n) is 1.39. The summed E-state index contributed by atoms with van der Waals surface area (Å²) in [6.45, 7) is -0.149. The SMILES string of the molecule is CC(NCc1cc(F)ccc1C#N)(C(=O)O)C(F)(F)F. The van der Waals surface area contributed by atoms with E-state index in [4.69, 9.17) is 10.4 Å². The number of rotatable bonds is 4. The number of nitrogens with one attached hydrogen (secondary N) is 1. The molecule has 0 aromatic heterocycles. The molecule has 0 fully saturated rings. The zero-order valence-electron chi connectivity index (χ0n) is 10.3. The van der Waals surface area contributed by atoms with Crippen molar-refractivity contribution in [3.05, 3.63) is 35.1 Å². The van der Waals surface area contributed by atoms with E-state index in [0.29, 0.717) is 6.92 Å². The monoisotopic (exact) mass is 290 g/mol. The molecule has 0 spiro atoms. The van der Waals surface area contributed by atoms with E-state index in [0.717, 1.165) is 18.2 Å². The van der Waals surface area contributed by atoms with Crippen LogP contribution >= 0.6 is 0 Å². The third-order valence-corrected chi connectivity index (χ3v) is 2.81. The van der Waals surface area contributed by atoms with Crippen LogP contribution in [0.3, 0.4) is 0 Å². The van der Waals surface area contributed by atoms with E-state index in [-0.39, 0.29) is 11.1 Å². The van der Waals surface area contributed by atoms with Crippen LogP contribution in [-0.2, 0) is 11.3 Å². The first-order valence-electron chi connectivity index (χ1n) is 5.35. The highest BCUT2D eigenvalue weighted by molar-refractivity contribution is 5.79. The summed E-state index contributed by atoms with van der Waals surface area (Å²) in [6, 6.07) is 4.67. The van der Waals surface area contributed by atoms with Crippen LogP contribution in [0, 0.1) is 17.1 Å². The maximum atomic E-state index is 13.0. The predicted molar refractivity (Wildman–Crippen MR) is 60.1 cm³/mol. The Balaban J connectivity index is 3.04. The standard InChI is InChI=1S/C12H10F4N2O2/c1-11(10(19)20,12(14,15)16)18-6-8-4-9(13)3-2-7(8)5-17/h2-4,18H,6H2,1H3,(H,19,20). The number of hydrogen-bond donors (Lipinski definition) is 2. The summed E-state index contributed by atoms with van der Waals surface area (Å²) >= 11 is 0. The van der Waals surface area contributed by atoms with Gasteiger partial charge in [-0.2, -0.15) is 18.4 Å². The number of carboxylic acids is 1. The van der Waals surface area contributed by atoms with Gasteiger partial charge < -0.3 is 5.11 Å². The van der Waals surface area contributed by atoms with Gasteiger partial charge >= 0.3 is 12.1 Å². The van der Waals surface area contributed by atoms with E-state index in [1.54, 1.807) is 6.07 Å². The molecule has 4 nitrogen and oxygen atoms in total. The largest absolute Gasteiger partial charge is 0.480 e. The number of nitrogens with zero attached hydrogens (tertiary/aromatic N) is 1. The highest BCUT2D eigenvalue weighted by atomic mass is 19.4. The number of aliphatic carboxylic acids is 1. The summed E-state index contributed by atoms with van der Waals surface area (Å²) in [4.78, 5) is 10.8. The van der Waals surface area contributed by atoms with Gasteiger partial charge in [0, 0.05) is 6.54 Å². The van der Waals surface area contributed by atoms with Crippen molar-refractivity contribution in [2.45, 2.75) is 25.2 Å². The molecular formula is C12H10F4N2O2. The lowest BCUT2D eigenvalue weighted by atomic mass is 10.0. The Morgan fingerprint density at radius 2 is 2.05 bits per heavy atom. The van der Waals surface area contributed by atoms with Crippen molar-refractivity contribution in [3.8, 4) is 6.07 Å². The molecule has 0 aliphatic heterocycles. The summed E-state index contributed by atoms with van der Waals surface area (Å²) in [7, 11) is 0. The van der Waals surface area contributed by atoms with E-state index in [9.17, 15) is 22.4 Å². The lowest BCUT2D eigenvalue weighted by Gasteiger charge is -2.28. The zero-order chi connectivity index (χ0) is 15.6. The van der Waals surface area contributed by atoms with Gasteiger partial charge in [-0.15, -0.1) is 0 Å². The molecule has 0 saturated heterocycles. The first-order chi connectivity index (χ1) is 9.11. The van der Waals surface area contributed by atoms with Gasteiger partial charge in [-0.25, -0.2) is 9.18 Å². The maximum absolute atomic E-state index is 13.0. The lowest BCUT2D eigenvalue weighted by Crippen LogP contribution is -2.59. The Bertz CT molecular complexity index is 566. The van der Waals surface area contributed by atoms with Gasteiger partial charge in [0.1, 0.15) is 5.82 Å². The summed E-state index contributed by atoms with van der Waals surface area (Å²) in [5.74, 6) is -2.84. The summed E-state index contributed by atoms with van der Waals surface area (Å²) in [5, 5.41) is 19.3. The first kappa shape index (κ1) is 15.9. The van der Waals surface area contributed by atoms with Crippen molar-refractivity contribution in [3.63, 3.8) is 0 Å². The molecule has 0 aliphatic carbocycles. The number of halogens is 4. The fourth-order valence-corrected chi connectivity index (χ4v) is 1.39. The summed E-state index contributed by atoms with van der Waals surface area (Å²) in [5.41, 5.74) is -3.27. The Labute approximate surface area is 111 Å². The second-order valence-corrected chi connectivity index (χ2v) is 4.19. The summed E-state index contributed by atoms with van der Waals surface area (Å²) < 4.78 is 51.2. The third-order valence-electron chi connectivity index (χ3n) is 2.81. The van der Waals surface area contributed by atoms with E-state index < -0.39 is 30.0 Å². The van der Waals surface area contributed by atoms with Gasteiger partial charge in [0.2, 0.25) is 5.54 Å². The van der Waals surface area contributed by atoms with Gasteiger partial charge in [-0.05, 0) is 30.7 Å². The van der Waals surface area contributed by atoms with Gasteiger partial charge in [-0.3, -0.25) is 5.32 Å². The van der Waals surface area contributed by atoms with Crippen molar-refractivity contribution in [1.82, 2.24) is 5.32 Å². The van der Waals surface area contributed by atoms with Crippen molar-refractivity contribution >= 4 is 5.97 Å². The Morgan fingerprint density at radius 3 is 2.50 bits per heavy atom. The molecule has 108 valence electrons. The van der Waals surface area contributed by atoms with Crippen molar-refractivity contribution in [1.29, 1.82) is 5.26 Å². The van der Waals surface area contributed by atoms with Crippen LogP contribution in [0.25, 0.3) is 0 Å². The molecule has 0 bridgehead atoms. The average Bonchev–Trinajstić information content (AvgIpc) is 2.34. The number of alkyl halides is 3. The molecule has 0 radical (unpaired) electrons. The lowest BCUT2D eigenvalue weighted by molar-refractivity contribution is -0.206. The maximum Gasteiger partial charge on any atom is 0.417 e. The molecule has 0 heterocycles. The van der Waals surface area contributed by atoms with E-state index in [1.165, 1.54) is 0 Å². The minimum Gasteiger partial charge on any atom is -0.480 e. The van der Waals surface area contributed by atoms with E-state index in [2.05, 4.69) is 0 Å². The molecular weight excluding hydrogens is 280 g/mol. The second kappa shape index (κ2) is 5.46.